The van der Waals surface area contributed by atoms with Gasteiger partial charge in [0.25, 0.3) is 0 Å². The molecule has 0 unspecified atom stereocenters. The van der Waals surface area contributed by atoms with Crippen molar-refractivity contribution in [2.75, 3.05) is 0 Å². The van der Waals surface area contributed by atoms with Crippen molar-refractivity contribution >= 4 is 29.2 Å². The van der Waals surface area contributed by atoms with Gasteiger partial charge in [-0.3, -0.25) is 9.59 Å². The van der Waals surface area contributed by atoms with Gasteiger partial charge in [0.2, 0.25) is 11.6 Å². The van der Waals surface area contributed by atoms with Gasteiger partial charge in [-0.2, -0.15) is 0 Å². The molecule has 2 aromatic rings. The van der Waals surface area contributed by atoms with Crippen LogP contribution in [0.2, 0.25) is 0 Å². The summed E-state index contributed by atoms with van der Waals surface area (Å²) >= 11 is 4.79. The third-order valence-electron chi connectivity index (χ3n) is 2.83. The Morgan fingerprint density at radius 3 is 1.68 bits per heavy atom. The Kier molecular flexibility index (Phi) is 3.97. The molecule has 0 N–H and O–H groups in total. The number of hydrogen-bond donors (Lipinski definition) is 0. The first-order valence-electron chi connectivity index (χ1n) is 5.83. The Balaban J connectivity index is 2.25. The van der Waals surface area contributed by atoms with Crippen molar-refractivity contribution in [2.24, 2.45) is 0 Å². The van der Waals surface area contributed by atoms with Crippen LogP contribution in [0.3, 0.4) is 0 Å². The lowest BCUT2D eigenvalue weighted by Crippen LogP contribution is -2.14. The molecule has 2 aromatic carbocycles. The quantitative estimate of drug-likeness (QED) is 0.484. The minimum absolute atomic E-state index is 0.381. The standard InChI is InChI=1S/C16H12O2S/c1-11-2-6-13(7-3-11)15(17)16(18)14-8-4-12(10-19)5-9-14/h2-10H,1H3. The summed E-state index contributed by atoms with van der Waals surface area (Å²) in [5.74, 6) is -0.991. The molecule has 0 atom stereocenters. The lowest BCUT2D eigenvalue weighted by atomic mass is 10.00. The number of hydrogen-bond acceptors (Lipinski definition) is 3. The van der Waals surface area contributed by atoms with Crippen LogP contribution in [-0.2, 0) is 0 Å². The molecule has 0 spiro atoms. The van der Waals surface area contributed by atoms with E-state index in [-0.39, 0.29) is 0 Å². The van der Waals surface area contributed by atoms with Gasteiger partial charge in [0.1, 0.15) is 0 Å². The summed E-state index contributed by atoms with van der Waals surface area (Å²) in [7, 11) is 0. The van der Waals surface area contributed by atoms with Crippen LogP contribution in [0, 0.1) is 6.92 Å². The summed E-state index contributed by atoms with van der Waals surface area (Å²) in [6.07, 6.45) is 0. The molecule has 0 aliphatic carbocycles. The van der Waals surface area contributed by atoms with Gasteiger partial charge in [-0.15, -0.1) is 0 Å². The minimum atomic E-state index is -0.500. The molecule has 0 saturated heterocycles. The summed E-state index contributed by atoms with van der Waals surface area (Å²) < 4.78 is 0. The van der Waals surface area contributed by atoms with Crippen molar-refractivity contribution in [3.8, 4) is 0 Å². The number of carbonyl (C=O) groups excluding carboxylic acids is 2. The molecule has 0 aliphatic heterocycles. The van der Waals surface area contributed by atoms with E-state index in [1.54, 1.807) is 36.4 Å². The zero-order valence-electron chi connectivity index (χ0n) is 10.4. The Morgan fingerprint density at radius 1 is 0.842 bits per heavy atom. The van der Waals surface area contributed by atoms with Crippen LogP contribution in [-0.4, -0.2) is 16.9 Å². The van der Waals surface area contributed by atoms with E-state index in [4.69, 9.17) is 12.2 Å². The topological polar surface area (TPSA) is 34.1 Å². The maximum absolute atomic E-state index is 12.0. The number of benzene rings is 2. The van der Waals surface area contributed by atoms with Crippen LogP contribution < -0.4 is 0 Å². The Bertz CT molecular complexity index is 625. The highest BCUT2D eigenvalue weighted by molar-refractivity contribution is 7.79. The van der Waals surface area contributed by atoms with E-state index in [0.717, 1.165) is 11.1 Å². The Morgan fingerprint density at radius 2 is 1.26 bits per heavy atom. The van der Waals surface area contributed by atoms with Crippen LogP contribution in [0.1, 0.15) is 31.8 Å². The summed E-state index contributed by atoms with van der Waals surface area (Å²) in [6.45, 7) is 1.93. The van der Waals surface area contributed by atoms with Crippen LogP contribution in [0.4, 0.5) is 0 Å². The second-order valence-electron chi connectivity index (χ2n) is 4.26. The van der Waals surface area contributed by atoms with Crippen molar-refractivity contribution < 1.29 is 9.59 Å². The zero-order valence-corrected chi connectivity index (χ0v) is 11.2. The normalized spacial score (nSPS) is 9.95. The first-order chi connectivity index (χ1) is 9.11. The van der Waals surface area contributed by atoms with Crippen LogP contribution in [0.15, 0.2) is 48.5 Å². The highest BCUT2D eigenvalue weighted by atomic mass is 32.1. The molecule has 3 heteroatoms. The van der Waals surface area contributed by atoms with E-state index in [0.29, 0.717) is 11.1 Å². The van der Waals surface area contributed by atoms with Crippen LogP contribution >= 0.6 is 12.2 Å². The molecule has 0 fully saturated rings. The maximum Gasteiger partial charge on any atom is 0.233 e. The molecule has 0 amide bonds. The fraction of sp³-hybridized carbons (Fsp3) is 0.0625. The monoisotopic (exact) mass is 268 g/mol. The second kappa shape index (κ2) is 5.67. The van der Waals surface area contributed by atoms with E-state index in [9.17, 15) is 9.59 Å². The highest BCUT2D eigenvalue weighted by Crippen LogP contribution is 2.10. The molecule has 0 saturated carbocycles. The van der Waals surface area contributed by atoms with Gasteiger partial charge in [-0.05, 0) is 12.5 Å². The van der Waals surface area contributed by atoms with Crippen molar-refractivity contribution in [3.05, 3.63) is 70.8 Å². The fourth-order valence-electron chi connectivity index (χ4n) is 1.68. The lowest BCUT2D eigenvalue weighted by Gasteiger charge is -2.02. The summed E-state index contributed by atoms with van der Waals surface area (Å²) in [4.78, 5) is 24.1. The first-order valence-corrected chi connectivity index (χ1v) is 6.30. The molecule has 0 radical (unpaired) electrons. The Hall–Kier alpha value is -2.13. The number of rotatable bonds is 4. The molecule has 2 rings (SSSR count). The second-order valence-corrected chi connectivity index (χ2v) is 4.50. The molecule has 2 nitrogen and oxygen atoms in total. The third-order valence-corrected chi connectivity index (χ3v) is 3.10. The number of ketones is 2. The smallest absolute Gasteiger partial charge is 0.233 e. The molecular formula is C16H12O2S. The molecule has 19 heavy (non-hydrogen) atoms. The van der Waals surface area contributed by atoms with Gasteiger partial charge in [0.05, 0.1) is 0 Å². The van der Waals surface area contributed by atoms with Crippen LogP contribution in [0.5, 0.6) is 0 Å². The van der Waals surface area contributed by atoms with E-state index in [1.807, 2.05) is 19.1 Å². The number of thiocarbonyl (C=S) groups is 1. The maximum atomic E-state index is 12.0. The summed E-state index contributed by atoms with van der Waals surface area (Å²) in [5, 5.41) is 1.52. The Labute approximate surface area is 117 Å². The molecule has 0 bridgehead atoms. The molecule has 0 aliphatic rings. The number of aryl methyl sites for hydroxylation is 1. The SMILES string of the molecule is Cc1ccc(C(=O)C(=O)c2ccc(C=S)cc2)cc1. The van der Waals surface area contributed by atoms with E-state index < -0.39 is 11.6 Å². The van der Waals surface area contributed by atoms with Gasteiger partial charge in [-0.25, -0.2) is 0 Å². The molecule has 0 aromatic heterocycles. The first kappa shape index (κ1) is 13.3. The van der Waals surface area contributed by atoms with Gasteiger partial charge >= 0.3 is 0 Å². The fourth-order valence-corrected chi connectivity index (χ4v) is 1.84. The average molecular weight is 268 g/mol. The minimum Gasteiger partial charge on any atom is -0.285 e. The van der Waals surface area contributed by atoms with Gasteiger partial charge in [-0.1, -0.05) is 66.3 Å². The van der Waals surface area contributed by atoms with E-state index in [1.165, 1.54) is 5.37 Å². The van der Waals surface area contributed by atoms with E-state index in [2.05, 4.69) is 0 Å². The van der Waals surface area contributed by atoms with Crippen molar-refractivity contribution in [3.63, 3.8) is 0 Å². The van der Waals surface area contributed by atoms with Gasteiger partial charge in [0.15, 0.2) is 0 Å². The molecule has 94 valence electrons. The highest BCUT2D eigenvalue weighted by Gasteiger charge is 2.17. The van der Waals surface area contributed by atoms with Gasteiger partial charge in [0, 0.05) is 16.5 Å². The van der Waals surface area contributed by atoms with Crippen LogP contribution in [0.25, 0.3) is 0 Å². The van der Waals surface area contributed by atoms with Crippen molar-refractivity contribution in [1.29, 1.82) is 0 Å². The predicted octanol–water partition coefficient (Wildman–Crippen LogP) is 3.41. The predicted molar refractivity (Wildman–Crippen MR) is 79.0 cm³/mol. The lowest BCUT2D eigenvalue weighted by molar-refractivity contribution is 0.0817. The van der Waals surface area contributed by atoms with E-state index >= 15 is 0 Å². The molecular weight excluding hydrogens is 256 g/mol. The third kappa shape index (κ3) is 3.01. The summed E-state index contributed by atoms with van der Waals surface area (Å²) in [5.41, 5.74) is 2.68. The number of carbonyl (C=O) groups is 2. The van der Waals surface area contributed by atoms with Gasteiger partial charge < -0.3 is 0 Å². The largest absolute Gasteiger partial charge is 0.285 e. The van der Waals surface area contributed by atoms with Crippen molar-refractivity contribution in [2.45, 2.75) is 6.92 Å². The van der Waals surface area contributed by atoms with Crippen molar-refractivity contribution in [1.82, 2.24) is 0 Å². The number of Topliss-reactive ketones (excluding diaryl/α,β-unsaturated/α-hetero) is 2. The average Bonchev–Trinajstić information content (AvgIpc) is 2.46. The zero-order chi connectivity index (χ0) is 13.8. The molecule has 0 heterocycles. The summed E-state index contributed by atoms with van der Waals surface area (Å²) in [6, 6.07) is 13.7.